The van der Waals surface area contributed by atoms with Crippen LogP contribution < -0.4 is 0 Å². The van der Waals surface area contributed by atoms with Crippen molar-refractivity contribution in [3.05, 3.63) is 96.1 Å². The van der Waals surface area contributed by atoms with E-state index in [-0.39, 0.29) is 0 Å². The molecule has 0 saturated carbocycles. The van der Waals surface area contributed by atoms with E-state index >= 15 is 0 Å². The SMILES string of the molecule is C=CC=CCCCCc1cc(C)cc2c(CCCCC=CC=C)cc(C)cc12. The Balaban J connectivity index is 2.12. The van der Waals surface area contributed by atoms with Gasteiger partial charge in [0.2, 0.25) is 0 Å². The van der Waals surface area contributed by atoms with Gasteiger partial charge in [0, 0.05) is 0 Å². The Morgan fingerprint density at radius 3 is 1.46 bits per heavy atom. The van der Waals surface area contributed by atoms with Crippen molar-refractivity contribution >= 4 is 10.8 Å². The first kappa shape index (κ1) is 22.0. The number of allylic oxidation sites excluding steroid dienone is 6. The van der Waals surface area contributed by atoms with E-state index in [1.165, 1.54) is 58.7 Å². The van der Waals surface area contributed by atoms with Gasteiger partial charge < -0.3 is 0 Å². The summed E-state index contributed by atoms with van der Waals surface area (Å²) >= 11 is 0. The highest BCUT2D eigenvalue weighted by atomic mass is 14.1. The summed E-state index contributed by atoms with van der Waals surface area (Å²) in [6.45, 7) is 11.9. The van der Waals surface area contributed by atoms with Gasteiger partial charge in [-0.25, -0.2) is 0 Å². The van der Waals surface area contributed by atoms with E-state index in [2.05, 4.69) is 63.4 Å². The van der Waals surface area contributed by atoms with Gasteiger partial charge in [-0.05, 0) is 87.1 Å². The van der Waals surface area contributed by atoms with E-state index in [1.807, 2.05) is 24.3 Å². The molecule has 0 atom stereocenters. The summed E-state index contributed by atoms with van der Waals surface area (Å²) in [7, 11) is 0. The van der Waals surface area contributed by atoms with Gasteiger partial charge in [0.15, 0.2) is 0 Å². The van der Waals surface area contributed by atoms with E-state index in [0.29, 0.717) is 0 Å². The van der Waals surface area contributed by atoms with Crippen LogP contribution in [0.1, 0.15) is 60.8 Å². The van der Waals surface area contributed by atoms with Crippen molar-refractivity contribution in [1.29, 1.82) is 0 Å². The predicted molar refractivity (Wildman–Crippen MR) is 127 cm³/mol. The normalized spacial score (nSPS) is 11.6. The molecule has 0 heteroatoms. The van der Waals surface area contributed by atoms with E-state index < -0.39 is 0 Å². The van der Waals surface area contributed by atoms with Crippen LogP contribution in [0.4, 0.5) is 0 Å². The van der Waals surface area contributed by atoms with E-state index in [4.69, 9.17) is 0 Å². The summed E-state index contributed by atoms with van der Waals surface area (Å²) in [5.41, 5.74) is 5.80. The van der Waals surface area contributed by atoms with Crippen LogP contribution >= 0.6 is 0 Å². The van der Waals surface area contributed by atoms with Gasteiger partial charge in [0.25, 0.3) is 0 Å². The van der Waals surface area contributed by atoms with Crippen LogP contribution in [0, 0.1) is 13.8 Å². The van der Waals surface area contributed by atoms with Gasteiger partial charge in [-0.3, -0.25) is 0 Å². The molecule has 0 nitrogen and oxygen atoms in total. The second kappa shape index (κ2) is 12.2. The monoisotopic (exact) mass is 372 g/mol. The Hall–Kier alpha value is -2.34. The molecule has 0 aliphatic heterocycles. The maximum absolute atomic E-state index is 3.73. The molecule has 2 rings (SSSR count). The number of fused-ring (bicyclic) bond motifs is 1. The van der Waals surface area contributed by atoms with Crippen molar-refractivity contribution in [2.75, 3.05) is 0 Å². The Morgan fingerprint density at radius 1 is 0.643 bits per heavy atom. The van der Waals surface area contributed by atoms with Crippen LogP contribution in [0.2, 0.25) is 0 Å². The average Bonchev–Trinajstić information content (AvgIpc) is 2.67. The molecule has 148 valence electrons. The van der Waals surface area contributed by atoms with Gasteiger partial charge in [-0.2, -0.15) is 0 Å². The number of hydrogen-bond donors (Lipinski definition) is 0. The standard InChI is InChI=1S/C28H36/c1-5-7-9-11-13-15-17-25-19-23(3)22-28-26(20-24(4)21-27(25)28)18-16-14-12-10-8-6-2/h5-10,19-22H,1-2,11-18H2,3-4H3. The molecule has 0 unspecified atom stereocenters. The van der Waals surface area contributed by atoms with E-state index in [1.54, 1.807) is 0 Å². The molecule has 0 amide bonds. The second-order valence-corrected chi connectivity index (χ2v) is 7.76. The van der Waals surface area contributed by atoms with Crippen LogP contribution in [-0.4, -0.2) is 0 Å². The molecule has 0 bridgehead atoms. The number of hydrogen-bond acceptors (Lipinski definition) is 0. The van der Waals surface area contributed by atoms with Crippen molar-refractivity contribution < 1.29 is 0 Å². The zero-order chi connectivity index (χ0) is 20.2. The van der Waals surface area contributed by atoms with Crippen LogP contribution in [0.25, 0.3) is 10.8 Å². The summed E-state index contributed by atoms with van der Waals surface area (Å²) in [6, 6.07) is 9.56. The first-order valence-corrected chi connectivity index (χ1v) is 10.7. The maximum atomic E-state index is 3.73. The summed E-state index contributed by atoms with van der Waals surface area (Å²) < 4.78 is 0. The fraction of sp³-hybridized carbons (Fsp3) is 0.357. The summed E-state index contributed by atoms with van der Waals surface area (Å²) in [6.07, 6.45) is 21.8. The number of rotatable bonds is 12. The molecule has 0 saturated heterocycles. The van der Waals surface area contributed by atoms with Gasteiger partial charge in [0.1, 0.15) is 0 Å². The highest BCUT2D eigenvalue weighted by Gasteiger charge is 2.08. The second-order valence-electron chi connectivity index (χ2n) is 7.76. The molecule has 0 aliphatic rings. The highest BCUT2D eigenvalue weighted by molar-refractivity contribution is 5.90. The van der Waals surface area contributed by atoms with Gasteiger partial charge in [0.05, 0.1) is 0 Å². The zero-order valence-electron chi connectivity index (χ0n) is 17.8. The minimum Gasteiger partial charge on any atom is -0.0991 e. The number of unbranched alkanes of at least 4 members (excludes halogenated alkanes) is 4. The van der Waals surface area contributed by atoms with E-state index in [0.717, 1.165) is 25.7 Å². The molecule has 0 N–H and O–H groups in total. The lowest BCUT2D eigenvalue weighted by Gasteiger charge is -2.14. The Kier molecular flexibility index (Phi) is 9.55. The smallest absolute Gasteiger partial charge is 0.0146 e. The van der Waals surface area contributed by atoms with Crippen molar-refractivity contribution in [3.8, 4) is 0 Å². The van der Waals surface area contributed by atoms with Crippen molar-refractivity contribution in [2.24, 2.45) is 0 Å². The van der Waals surface area contributed by atoms with Gasteiger partial charge in [-0.1, -0.05) is 85.0 Å². The fourth-order valence-electron chi connectivity index (χ4n) is 3.88. The third kappa shape index (κ3) is 7.00. The highest BCUT2D eigenvalue weighted by Crippen LogP contribution is 2.28. The minimum absolute atomic E-state index is 1.14. The number of aryl methyl sites for hydroxylation is 4. The summed E-state index contributed by atoms with van der Waals surface area (Å²) in [5.74, 6) is 0. The van der Waals surface area contributed by atoms with Crippen molar-refractivity contribution in [1.82, 2.24) is 0 Å². The largest absolute Gasteiger partial charge is 0.0991 e. The maximum Gasteiger partial charge on any atom is -0.0146 e. The van der Waals surface area contributed by atoms with Crippen LogP contribution in [0.3, 0.4) is 0 Å². The molecule has 0 heterocycles. The molecule has 0 fully saturated rings. The Labute approximate surface area is 172 Å². The molecule has 0 aliphatic carbocycles. The first-order chi connectivity index (χ1) is 13.7. The van der Waals surface area contributed by atoms with Crippen LogP contribution in [0.15, 0.2) is 73.9 Å². The van der Waals surface area contributed by atoms with Crippen molar-refractivity contribution in [3.63, 3.8) is 0 Å². The molecular weight excluding hydrogens is 336 g/mol. The molecule has 2 aromatic rings. The lowest BCUT2D eigenvalue weighted by Crippen LogP contribution is -1.95. The molecular formula is C28H36. The third-order valence-electron chi connectivity index (χ3n) is 5.21. The van der Waals surface area contributed by atoms with E-state index in [9.17, 15) is 0 Å². The lowest BCUT2D eigenvalue weighted by atomic mass is 9.91. The number of benzene rings is 2. The molecule has 2 aromatic carbocycles. The molecule has 0 aromatic heterocycles. The fourth-order valence-corrected chi connectivity index (χ4v) is 3.88. The predicted octanol–water partition coefficient (Wildman–Crippen LogP) is 8.37. The molecule has 0 radical (unpaired) electrons. The van der Waals surface area contributed by atoms with Crippen molar-refractivity contribution in [2.45, 2.75) is 65.2 Å². The lowest BCUT2D eigenvalue weighted by molar-refractivity contribution is 0.747. The summed E-state index contributed by atoms with van der Waals surface area (Å²) in [4.78, 5) is 0. The first-order valence-electron chi connectivity index (χ1n) is 10.7. The quantitative estimate of drug-likeness (QED) is 0.259. The Bertz CT molecular complexity index is 761. The average molecular weight is 373 g/mol. The minimum atomic E-state index is 1.14. The van der Waals surface area contributed by atoms with Crippen LogP contribution in [-0.2, 0) is 12.8 Å². The van der Waals surface area contributed by atoms with Crippen LogP contribution in [0.5, 0.6) is 0 Å². The topological polar surface area (TPSA) is 0 Å². The summed E-state index contributed by atoms with van der Waals surface area (Å²) in [5, 5.41) is 2.93. The van der Waals surface area contributed by atoms with Gasteiger partial charge in [-0.15, -0.1) is 0 Å². The van der Waals surface area contributed by atoms with Gasteiger partial charge >= 0.3 is 0 Å². The molecule has 0 spiro atoms. The third-order valence-corrected chi connectivity index (χ3v) is 5.21. The molecule has 28 heavy (non-hydrogen) atoms. The zero-order valence-corrected chi connectivity index (χ0v) is 17.8. The Morgan fingerprint density at radius 2 is 1.07 bits per heavy atom.